The Morgan fingerprint density at radius 1 is 0.577 bits per heavy atom. The molecule has 0 saturated heterocycles. The summed E-state index contributed by atoms with van der Waals surface area (Å²) in [7, 11) is 0. The zero-order chi connectivity index (χ0) is 36.8. The second kappa shape index (κ2) is 14.3. The molecule has 4 heteroatoms. The van der Waals surface area contributed by atoms with Gasteiger partial charge in [-0.3, -0.25) is 0 Å². The van der Waals surface area contributed by atoms with Gasteiger partial charge in [0, 0.05) is 0 Å². The minimum Gasteiger partial charge on any atom is -0.147 e. The summed E-state index contributed by atoms with van der Waals surface area (Å²) in [5, 5.41) is 0. The second-order valence-electron chi connectivity index (χ2n) is 20.2. The van der Waals surface area contributed by atoms with Crippen LogP contribution in [-0.2, 0) is 33.6 Å². The Bertz CT molecular complexity index is 2100. The average Bonchev–Trinajstić information content (AvgIpc) is 3.59. The van der Waals surface area contributed by atoms with Crippen LogP contribution in [0.2, 0.25) is 9.26 Å². The van der Waals surface area contributed by atoms with Crippen molar-refractivity contribution >= 4 is 43.8 Å². The monoisotopic (exact) mass is 828 g/mol. The Hall–Kier alpha value is -1.96. The van der Waals surface area contributed by atoms with Crippen LogP contribution in [0.5, 0.6) is 0 Å². The van der Waals surface area contributed by atoms with Crippen LogP contribution in [-0.4, -0.2) is 6.88 Å². The molecule has 278 valence electrons. The SMILES string of the molecule is CC1=Cc2c(-c3ccc(C(C)(C)C)cc3)ccc(C(C)(C)C)c2[CH]1[Zr]([CH3])([CH3])(=[SiH2])[CH]1C(C(C)C)=Cc2c(-c3ccc(C(C)(C)C)cc3)cccc21.Cl.Cl. The molecule has 4 aromatic carbocycles. The second-order valence-corrected chi connectivity index (χ2v) is 50.7. The number of fused-ring (bicyclic) bond motifs is 2. The smallest absolute Gasteiger partial charge is 0.147 e. The molecule has 0 fully saturated rings. The largest absolute Gasteiger partial charge is 0.147 e. The van der Waals surface area contributed by atoms with E-state index in [2.05, 4.69) is 190 Å². The number of hydrogen-bond acceptors (Lipinski definition) is 0. The predicted octanol–water partition coefficient (Wildman–Crippen LogP) is 14.3. The molecule has 0 aliphatic heterocycles. The van der Waals surface area contributed by atoms with E-state index in [1.807, 2.05) is 0 Å². The molecule has 0 spiro atoms. The van der Waals surface area contributed by atoms with Crippen molar-refractivity contribution < 1.29 is 17.4 Å². The van der Waals surface area contributed by atoms with Crippen molar-refractivity contribution in [3.63, 3.8) is 0 Å². The zero-order valence-corrected chi connectivity index (χ0v) is 39.9. The van der Waals surface area contributed by atoms with Crippen molar-refractivity contribution in [2.45, 2.75) is 116 Å². The summed E-state index contributed by atoms with van der Waals surface area (Å²) in [5.41, 5.74) is 19.4. The van der Waals surface area contributed by atoms with Crippen LogP contribution in [0.15, 0.2) is 90.0 Å². The molecule has 0 saturated carbocycles. The Kier molecular flexibility index (Phi) is 11.7. The topological polar surface area (TPSA) is 0 Å². The number of hydrogen-bond donors (Lipinski definition) is 0. The predicted molar refractivity (Wildman–Crippen MR) is 237 cm³/mol. The molecule has 4 aromatic rings. The summed E-state index contributed by atoms with van der Waals surface area (Å²) in [6.07, 6.45) is 5.22. The molecule has 0 heterocycles. The van der Waals surface area contributed by atoms with Gasteiger partial charge in [0.2, 0.25) is 0 Å². The molecule has 2 unspecified atom stereocenters. The summed E-state index contributed by atoms with van der Waals surface area (Å²) >= 11 is -3.82. The van der Waals surface area contributed by atoms with Crippen LogP contribution in [0.1, 0.15) is 129 Å². The molecule has 0 bridgehead atoms. The third kappa shape index (κ3) is 7.50. The summed E-state index contributed by atoms with van der Waals surface area (Å²) in [6, 6.07) is 30.9. The molecule has 0 amide bonds. The van der Waals surface area contributed by atoms with E-state index in [4.69, 9.17) is 0 Å². The van der Waals surface area contributed by atoms with Gasteiger partial charge in [0.1, 0.15) is 0 Å². The van der Waals surface area contributed by atoms with Crippen molar-refractivity contribution in [1.29, 1.82) is 0 Å². The normalized spacial score (nSPS) is 17.5. The van der Waals surface area contributed by atoms with E-state index in [0.29, 0.717) is 13.2 Å². The fourth-order valence-corrected chi connectivity index (χ4v) is 29.9. The van der Waals surface area contributed by atoms with Gasteiger partial charge < -0.3 is 0 Å². The van der Waals surface area contributed by atoms with Gasteiger partial charge in [-0.1, -0.05) is 0 Å². The summed E-state index contributed by atoms with van der Waals surface area (Å²) < 4.78 is 6.56. The van der Waals surface area contributed by atoms with Crippen LogP contribution in [0.25, 0.3) is 34.4 Å². The van der Waals surface area contributed by atoms with E-state index in [1.54, 1.807) is 22.3 Å². The van der Waals surface area contributed by atoms with E-state index in [9.17, 15) is 0 Å². The van der Waals surface area contributed by atoms with Crippen LogP contribution in [0.3, 0.4) is 0 Å². The molecular formula is C48H64Cl2SiZr. The number of allylic oxidation sites excluding steroid dienone is 2. The fraction of sp³-hybridized carbons (Fsp3) is 0.417. The zero-order valence-electron chi connectivity index (χ0n) is 34.4. The minimum atomic E-state index is -3.82. The molecule has 2 aliphatic carbocycles. The summed E-state index contributed by atoms with van der Waals surface area (Å²) in [4.78, 5) is 0. The minimum absolute atomic E-state index is 0. The average molecular weight is 831 g/mol. The Labute approximate surface area is 331 Å². The van der Waals surface area contributed by atoms with Crippen LogP contribution in [0.4, 0.5) is 0 Å². The van der Waals surface area contributed by atoms with E-state index in [1.165, 1.54) is 50.1 Å². The van der Waals surface area contributed by atoms with Crippen molar-refractivity contribution in [2.24, 2.45) is 5.92 Å². The fourth-order valence-electron chi connectivity index (χ4n) is 9.47. The number of rotatable bonds is 5. The first-order valence-corrected chi connectivity index (χ1v) is 32.7. The summed E-state index contributed by atoms with van der Waals surface area (Å²) in [6.45, 7) is 30.9. The summed E-state index contributed by atoms with van der Waals surface area (Å²) in [5.74, 6) is 0.487. The van der Waals surface area contributed by atoms with Gasteiger partial charge in [-0.15, -0.1) is 24.8 Å². The number of benzene rings is 4. The maximum Gasteiger partial charge on any atom is -0.147 e. The quantitative estimate of drug-likeness (QED) is 0.176. The molecule has 0 N–H and O–H groups in total. The van der Waals surface area contributed by atoms with E-state index < -0.39 is 17.4 Å². The van der Waals surface area contributed by atoms with Crippen LogP contribution >= 0.6 is 24.8 Å². The Morgan fingerprint density at radius 2 is 1.06 bits per heavy atom. The van der Waals surface area contributed by atoms with Gasteiger partial charge >= 0.3 is 309 Å². The Balaban J connectivity index is 0.00000302. The third-order valence-electron chi connectivity index (χ3n) is 12.0. The third-order valence-corrected chi connectivity index (χ3v) is 29.6. The molecule has 52 heavy (non-hydrogen) atoms. The molecule has 2 aliphatic rings. The van der Waals surface area contributed by atoms with Gasteiger partial charge in [0.05, 0.1) is 0 Å². The standard InChI is InChI=1S/C24H29.C22H25.2CH3.2ClH.H2Si.Zr/c1-16-14-20-19(12-13-22(21(20)15-16)24(5,6)7)17-8-10-18(11-9-17)23(2,3)4;1-15(2)18-13-17-7-6-8-20(21(17)14-18)16-9-11-19(12-10-16)22(3,4)5;;;;;;/h8-15H,1-7H3;6-15H,1-5H3;2*1H3;2*1H;1H2;. The first-order valence-electron chi connectivity index (χ1n) is 19.0. The molecule has 0 aromatic heterocycles. The first kappa shape index (κ1) is 42.8. The van der Waals surface area contributed by atoms with Gasteiger partial charge in [0.25, 0.3) is 0 Å². The first-order chi connectivity index (χ1) is 23.0. The molecule has 0 nitrogen and oxygen atoms in total. The van der Waals surface area contributed by atoms with E-state index in [0.717, 1.165) is 0 Å². The maximum absolute atomic E-state index is 3.82. The van der Waals surface area contributed by atoms with Gasteiger partial charge in [-0.2, -0.15) is 0 Å². The van der Waals surface area contributed by atoms with Crippen molar-refractivity contribution in [3.05, 3.63) is 129 Å². The van der Waals surface area contributed by atoms with Gasteiger partial charge in [-0.05, 0) is 0 Å². The van der Waals surface area contributed by atoms with Crippen LogP contribution < -0.4 is 0 Å². The Morgan fingerprint density at radius 3 is 1.50 bits per heavy atom. The molecule has 2 atom stereocenters. The maximum atomic E-state index is 2.80. The van der Waals surface area contributed by atoms with Crippen LogP contribution in [0, 0.1) is 5.92 Å². The number of halogens is 2. The molecule has 6 rings (SSSR count). The van der Waals surface area contributed by atoms with Gasteiger partial charge in [0.15, 0.2) is 0 Å². The molecule has 0 radical (unpaired) electrons. The van der Waals surface area contributed by atoms with Crippen molar-refractivity contribution in [3.8, 4) is 22.3 Å². The van der Waals surface area contributed by atoms with E-state index >= 15 is 0 Å². The van der Waals surface area contributed by atoms with E-state index in [-0.39, 0.29) is 41.1 Å². The van der Waals surface area contributed by atoms with Crippen molar-refractivity contribution in [2.75, 3.05) is 0 Å². The van der Waals surface area contributed by atoms with Gasteiger partial charge in [-0.25, -0.2) is 0 Å². The van der Waals surface area contributed by atoms with Crippen molar-refractivity contribution in [1.82, 2.24) is 0 Å². The molecular weight excluding hydrogens is 767 g/mol.